The minimum atomic E-state index is -4.43. The SMILES string of the molecule is CCc1nc2c(-c3ccc(C(F)(F)F)cc3Cl)nccc2n1C(CC)C1CC1. The van der Waals surface area contributed by atoms with Gasteiger partial charge in [0.1, 0.15) is 11.3 Å². The lowest BCUT2D eigenvalue weighted by Crippen LogP contribution is -2.13. The first-order valence-electron chi connectivity index (χ1n) is 9.58. The Morgan fingerprint density at radius 2 is 1.96 bits per heavy atom. The maximum absolute atomic E-state index is 13.0. The molecule has 1 fully saturated rings. The summed E-state index contributed by atoms with van der Waals surface area (Å²) < 4.78 is 41.2. The molecule has 0 saturated heterocycles. The first-order chi connectivity index (χ1) is 13.3. The fourth-order valence-electron chi connectivity index (χ4n) is 3.98. The normalized spacial score (nSPS) is 15.9. The molecular weight excluding hydrogens is 387 g/mol. The second kappa shape index (κ2) is 7.07. The van der Waals surface area contributed by atoms with Crippen molar-refractivity contribution < 1.29 is 13.2 Å². The zero-order valence-corrected chi connectivity index (χ0v) is 16.5. The molecule has 1 atom stereocenters. The van der Waals surface area contributed by atoms with Gasteiger partial charge in [-0.1, -0.05) is 31.5 Å². The van der Waals surface area contributed by atoms with Gasteiger partial charge in [0.2, 0.25) is 0 Å². The molecule has 0 bridgehead atoms. The van der Waals surface area contributed by atoms with E-state index in [4.69, 9.17) is 16.6 Å². The minimum absolute atomic E-state index is 0.0247. The standard InChI is InChI=1S/C21H21ClF3N3/c1-3-16(12-5-6-12)28-17-9-10-26-19(20(17)27-18(28)4-2)14-8-7-13(11-15(14)22)21(23,24)25/h7-12,16H,3-6H2,1-2H3. The molecule has 3 nitrogen and oxygen atoms in total. The van der Waals surface area contributed by atoms with Crippen LogP contribution >= 0.6 is 11.6 Å². The van der Waals surface area contributed by atoms with Crippen molar-refractivity contribution in [1.29, 1.82) is 0 Å². The van der Waals surface area contributed by atoms with E-state index in [2.05, 4.69) is 23.4 Å². The summed E-state index contributed by atoms with van der Waals surface area (Å²) in [6, 6.07) is 5.70. The Kier molecular flexibility index (Phi) is 4.86. The highest BCUT2D eigenvalue weighted by Crippen LogP contribution is 2.44. The molecule has 0 N–H and O–H groups in total. The van der Waals surface area contributed by atoms with Gasteiger partial charge < -0.3 is 4.57 Å². The summed E-state index contributed by atoms with van der Waals surface area (Å²) in [7, 11) is 0. The van der Waals surface area contributed by atoms with Crippen LogP contribution in [0.3, 0.4) is 0 Å². The molecule has 148 valence electrons. The molecule has 2 heterocycles. The van der Waals surface area contributed by atoms with Crippen LogP contribution in [0.1, 0.15) is 50.5 Å². The van der Waals surface area contributed by atoms with Crippen LogP contribution in [0.25, 0.3) is 22.3 Å². The molecule has 0 amide bonds. The Balaban J connectivity index is 1.89. The fraction of sp³-hybridized carbons (Fsp3) is 0.429. The van der Waals surface area contributed by atoms with E-state index in [1.807, 2.05) is 6.07 Å². The molecule has 7 heteroatoms. The summed E-state index contributed by atoms with van der Waals surface area (Å²) in [5.41, 5.74) is 1.88. The second-order valence-electron chi connectivity index (χ2n) is 7.28. The van der Waals surface area contributed by atoms with Gasteiger partial charge in [0.05, 0.1) is 21.8 Å². The smallest absolute Gasteiger partial charge is 0.324 e. The van der Waals surface area contributed by atoms with Gasteiger partial charge in [0.25, 0.3) is 0 Å². The summed E-state index contributed by atoms with van der Waals surface area (Å²) in [6.07, 6.45) is 1.49. The lowest BCUT2D eigenvalue weighted by molar-refractivity contribution is -0.137. The van der Waals surface area contributed by atoms with Gasteiger partial charge in [-0.15, -0.1) is 0 Å². The fourth-order valence-corrected chi connectivity index (χ4v) is 4.25. The van der Waals surface area contributed by atoms with E-state index in [1.54, 1.807) is 6.20 Å². The van der Waals surface area contributed by atoms with Crippen LogP contribution in [0.5, 0.6) is 0 Å². The molecule has 1 saturated carbocycles. The lowest BCUT2D eigenvalue weighted by Gasteiger charge is -2.19. The van der Waals surface area contributed by atoms with Gasteiger partial charge in [-0.05, 0) is 43.4 Å². The Morgan fingerprint density at radius 1 is 1.21 bits per heavy atom. The van der Waals surface area contributed by atoms with Gasteiger partial charge in [0, 0.05) is 24.2 Å². The van der Waals surface area contributed by atoms with Crippen molar-refractivity contribution in [2.24, 2.45) is 5.92 Å². The van der Waals surface area contributed by atoms with Crippen molar-refractivity contribution in [1.82, 2.24) is 14.5 Å². The summed E-state index contributed by atoms with van der Waals surface area (Å²) in [5.74, 6) is 1.64. The van der Waals surface area contributed by atoms with Gasteiger partial charge in [0.15, 0.2) is 0 Å². The molecule has 1 aliphatic rings. The highest BCUT2D eigenvalue weighted by Gasteiger charge is 2.34. The van der Waals surface area contributed by atoms with E-state index in [1.165, 1.54) is 18.9 Å². The Bertz CT molecular complexity index is 1020. The number of halogens is 4. The number of benzene rings is 1. The molecular formula is C21H21ClF3N3. The van der Waals surface area contributed by atoms with Gasteiger partial charge in [-0.3, -0.25) is 4.98 Å². The van der Waals surface area contributed by atoms with Crippen molar-refractivity contribution in [3.8, 4) is 11.3 Å². The third-order valence-corrected chi connectivity index (χ3v) is 5.78. The van der Waals surface area contributed by atoms with Crippen LogP contribution in [0, 0.1) is 5.92 Å². The predicted octanol–water partition coefficient (Wildman–Crippen LogP) is 6.69. The van der Waals surface area contributed by atoms with Crippen LogP contribution in [-0.2, 0) is 12.6 Å². The highest BCUT2D eigenvalue weighted by atomic mass is 35.5. The zero-order valence-electron chi connectivity index (χ0n) is 15.7. The number of hydrogen-bond acceptors (Lipinski definition) is 2. The van der Waals surface area contributed by atoms with Crippen LogP contribution in [0.4, 0.5) is 13.2 Å². The third-order valence-electron chi connectivity index (χ3n) is 5.47. The molecule has 1 aliphatic carbocycles. The van der Waals surface area contributed by atoms with E-state index in [9.17, 15) is 13.2 Å². The number of pyridine rings is 1. The number of nitrogens with zero attached hydrogens (tertiary/aromatic N) is 3. The largest absolute Gasteiger partial charge is 0.416 e. The van der Waals surface area contributed by atoms with Crippen molar-refractivity contribution in [3.63, 3.8) is 0 Å². The van der Waals surface area contributed by atoms with Gasteiger partial charge in [-0.25, -0.2) is 4.98 Å². The Labute approximate surface area is 166 Å². The van der Waals surface area contributed by atoms with Crippen molar-refractivity contribution in [3.05, 3.63) is 46.9 Å². The Hall–Kier alpha value is -2.08. The maximum Gasteiger partial charge on any atom is 0.416 e. The van der Waals surface area contributed by atoms with Crippen LogP contribution in [0.15, 0.2) is 30.5 Å². The highest BCUT2D eigenvalue weighted by molar-refractivity contribution is 6.33. The average molecular weight is 408 g/mol. The van der Waals surface area contributed by atoms with E-state index in [0.29, 0.717) is 28.7 Å². The number of hydrogen-bond donors (Lipinski definition) is 0. The molecule has 0 spiro atoms. The quantitative estimate of drug-likeness (QED) is 0.471. The zero-order chi connectivity index (χ0) is 20.1. The van der Waals surface area contributed by atoms with Crippen LogP contribution < -0.4 is 0 Å². The second-order valence-corrected chi connectivity index (χ2v) is 7.69. The summed E-state index contributed by atoms with van der Waals surface area (Å²) in [6.45, 7) is 4.25. The van der Waals surface area contributed by atoms with E-state index < -0.39 is 11.7 Å². The molecule has 2 aromatic heterocycles. The van der Waals surface area contributed by atoms with Gasteiger partial charge >= 0.3 is 6.18 Å². The van der Waals surface area contributed by atoms with E-state index in [0.717, 1.165) is 36.3 Å². The average Bonchev–Trinajstić information content (AvgIpc) is 3.42. The molecule has 3 aromatic rings. The Morgan fingerprint density at radius 3 is 2.54 bits per heavy atom. The van der Waals surface area contributed by atoms with Crippen molar-refractivity contribution in [2.75, 3.05) is 0 Å². The molecule has 0 radical (unpaired) electrons. The molecule has 1 unspecified atom stereocenters. The van der Waals surface area contributed by atoms with Crippen LogP contribution in [-0.4, -0.2) is 14.5 Å². The first-order valence-corrected chi connectivity index (χ1v) is 9.95. The number of aryl methyl sites for hydroxylation is 1. The molecule has 1 aromatic carbocycles. The molecule has 4 rings (SSSR count). The predicted molar refractivity (Wildman–Crippen MR) is 104 cm³/mol. The van der Waals surface area contributed by atoms with E-state index in [-0.39, 0.29) is 5.02 Å². The van der Waals surface area contributed by atoms with E-state index >= 15 is 0 Å². The summed E-state index contributed by atoms with van der Waals surface area (Å²) in [5, 5.41) is 0.0247. The topological polar surface area (TPSA) is 30.7 Å². The molecule has 0 aliphatic heterocycles. The molecule has 28 heavy (non-hydrogen) atoms. The number of imidazole rings is 1. The maximum atomic E-state index is 13.0. The number of rotatable bonds is 5. The number of fused-ring (bicyclic) bond motifs is 1. The van der Waals surface area contributed by atoms with Crippen molar-refractivity contribution >= 4 is 22.6 Å². The minimum Gasteiger partial charge on any atom is -0.324 e. The summed E-state index contributed by atoms with van der Waals surface area (Å²) in [4.78, 5) is 9.24. The summed E-state index contributed by atoms with van der Waals surface area (Å²) >= 11 is 6.23. The first kappa shape index (κ1) is 19.2. The van der Waals surface area contributed by atoms with Gasteiger partial charge in [-0.2, -0.15) is 13.2 Å². The van der Waals surface area contributed by atoms with Crippen molar-refractivity contribution in [2.45, 2.75) is 51.7 Å². The lowest BCUT2D eigenvalue weighted by atomic mass is 10.1. The number of alkyl halides is 3. The van der Waals surface area contributed by atoms with Crippen LogP contribution in [0.2, 0.25) is 5.02 Å². The number of aromatic nitrogens is 3. The monoisotopic (exact) mass is 407 g/mol. The third kappa shape index (κ3) is 3.28.